The number of hydrogen-bond acceptors (Lipinski definition) is 3. The first kappa shape index (κ1) is 12.9. The summed E-state index contributed by atoms with van der Waals surface area (Å²) in [6.45, 7) is 2.12. The van der Waals surface area contributed by atoms with E-state index in [1.165, 1.54) is 18.1 Å². The van der Waals surface area contributed by atoms with Crippen LogP contribution in [0.25, 0.3) is 0 Å². The summed E-state index contributed by atoms with van der Waals surface area (Å²) >= 11 is 1.72. The minimum absolute atomic E-state index is 0.250. The maximum atomic E-state index is 13.3. The third kappa shape index (κ3) is 2.82. The van der Waals surface area contributed by atoms with Gasteiger partial charge in [-0.15, -0.1) is 11.3 Å². The number of halogens is 1. The van der Waals surface area contributed by atoms with Crippen molar-refractivity contribution in [3.8, 4) is 5.75 Å². The largest absolute Gasteiger partial charge is 0.494 e. The standard InChI is InChI=1S/C14H16FNOS/c1-3-12(14-5-4-8-18-14)16-10-6-7-11(15)13(9-10)17-2/h4-9,12,16H,3H2,1-2H3. The van der Waals surface area contributed by atoms with Gasteiger partial charge in [0, 0.05) is 16.6 Å². The van der Waals surface area contributed by atoms with Gasteiger partial charge in [0.25, 0.3) is 0 Å². The van der Waals surface area contributed by atoms with Crippen molar-refractivity contribution < 1.29 is 9.13 Å². The zero-order valence-electron chi connectivity index (χ0n) is 10.4. The molecule has 0 fully saturated rings. The van der Waals surface area contributed by atoms with Crippen LogP contribution in [-0.4, -0.2) is 7.11 Å². The number of anilines is 1. The van der Waals surface area contributed by atoms with E-state index in [9.17, 15) is 4.39 Å². The molecule has 1 aromatic heterocycles. The molecule has 0 aliphatic carbocycles. The first-order chi connectivity index (χ1) is 8.74. The molecule has 1 aromatic carbocycles. The zero-order valence-corrected chi connectivity index (χ0v) is 11.3. The number of benzene rings is 1. The highest BCUT2D eigenvalue weighted by atomic mass is 32.1. The monoisotopic (exact) mass is 265 g/mol. The van der Waals surface area contributed by atoms with E-state index < -0.39 is 0 Å². The van der Waals surface area contributed by atoms with Crippen molar-refractivity contribution in [3.63, 3.8) is 0 Å². The van der Waals surface area contributed by atoms with E-state index in [4.69, 9.17) is 4.74 Å². The average Bonchev–Trinajstić information content (AvgIpc) is 2.91. The highest BCUT2D eigenvalue weighted by molar-refractivity contribution is 7.10. The van der Waals surface area contributed by atoms with Crippen LogP contribution in [0.5, 0.6) is 5.75 Å². The molecular weight excluding hydrogens is 249 g/mol. The number of ether oxygens (including phenoxy) is 1. The van der Waals surface area contributed by atoms with E-state index in [0.29, 0.717) is 0 Å². The number of rotatable bonds is 5. The molecular formula is C14H16FNOS. The van der Waals surface area contributed by atoms with Crippen LogP contribution in [0.15, 0.2) is 35.7 Å². The summed E-state index contributed by atoms with van der Waals surface area (Å²) in [4.78, 5) is 1.28. The van der Waals surface area contributed by atoms with Crippen molar-refractivity contribution in [2.45, 2.75) is 19.4 Å². The van der Waals surface area contributed by atoms with Crippen molar-refractivity contribution in [2.75, 3.05) is 12.4 Å². The summed E-state index contributed by atoms with van der Waals surface area (Å²) in [5.74, 6) is -0.0757. The third-order valence-electron chi connectivity index (χ3n) is 2.79. The molecule has 0 aliphatic heterocycles. The molecule has 0 saturated heterocycles. The Balaban J connectivity index is 2.17. The highest BCUT2D eigenvalue weighted by Gasteiger charge is 2.11. The molecule has 1 heterocycles. The van der Waals surface area contributed by atoms with Gasteiger partial charge in [-0.2, -0.15) is 0 Å². The topological polar surface area (TPSA) is 21.3 Å². The molecule has 2 aromatic rings. The Kier molecular flexibility index (Phi) is 4.20. The molecule has 2 nitrogen and oxygen atoms in total. The van der Waals surface area contributed by atoms with Crippen LogP contribution < -0.4 is 10.1 Å². The molecule has 96 valence electrons. The molecule has 0 saturated carbocycles. The van der Waals surface area contributed by atoms with Crippen LogP contribution in [0.1, 0.15) is 24.3 Å². The fourth-order valence-corrected chi connectivity index (χ4v) is 2.68. The van der Waals surface area contributed by atoms with Gasteiger partial charge in [0.2, 0.25) is 0 Å². The predicted molar refractivity (Wildman–Crippen MR) is 73.9 cm³/mol. The third-order valence-corrected chi connectivity index (χ3v) is 3.77. The summed E-state index contributed by atoms with van der Waals surface area (Å²) in [6.07, 6.45) is 0.972. The Labute approximate surface area is 110 Å². The minimum atomic E-state index is -0.341. The molecule has 0 bridgehead atoms. The van der Waals surface area contributed by atoms with E-state index >= 15 is 0 Å². The van der Waals surface area contributed by atoms with Gasteiger partial charge in [-0.3, -0.25) is 0 Å². The Hall–Kier alpha value is -1.55. The summed E-state index contributed by atoms with van der Waals surface area (Å²) in [6, 6.07) is 9.23. The van der Waals surface area contributed by atoms with E-state index in [0.717, 1.165) is 12.1 Å². The molecule has 4 heteroatoms. The lowest BCUT2D eigenvalue weighted by Crippen LogP contribution is -2.08. The fraction of sp³-hybridized carbons (Fsp3) is 0.286. The zero-order chi connectivity index (χ0) is 13.0. The second-order valence-corrected chi connectivity index (χ2v) is 4.95. The first-order valence-corrected chi connectivity index (χ1v) is 6.76. The SMILES string of the molecule is CCC(Nc1ccc(F)c(OC)c1)c1cccs1. The summed E-state index contributed by atoms with van der Waals surface area (Å²) < 4.78 is 18.3. The van der Waals surface area contributed by atoms with Crippen molar-refractivity contribution >= 4 is 17.0 Å². The van der Waals surface area contributed by atoms with Crippen LogP contribution >= 0.6 is 11.3 Å². The van der Waals surface area contributed by atoms with Gasteiger partial charge in [0.1, 0.15) is 0 Å². The smallest absolute Gasteiger partial charge is 0.165 e. The predicted octanol–water partition coefficient (Wildman–Crippen LogP) is 4.46. The fourth-order valence-electron chi connectivity index (χ4n) is 1.81. The Morgan fingerprint density at radius 2 is 2.22 bits per heavy atom. The van der Waals surface area contributed by atoms with Gasteiger partial charge in [0.05, 0.1) is 13.2 Å². The van der Waals surface area contributed by atoms with Gasteiger partial charge in [0.15, 0.2) is 11.6 Å². The molecule has 0 radical (unpaired) electrons. The van der Waals surface area contributed by atoms with Crippen LogP contribution in [0.4, 0.5) is 10.1 Å². The first-order valence-electron chi connectivity index (χ1n) is 5.88. The van der Waals surface area contributed by atoms with Crippen molar-refractivity contribution in [2.24, 2.45) is 0 Å². The summed E-state index contributed by atoms with van der Waals surface area (Å²) in [7, 11) is 1.47. The summed E-state index contributed by atoms with van der Waals surface area (Å²) in [5.41, 5.74) is 0.869. The molecule has 2 rings (SSSR count). The van der Waals surface area contributed by atoms with Crippen molar-refractivity contribution in [1.29, 1.82) is 0 Å². The van der Waals surface area contributed by atoms with E-state index in [1.807, 2.05) is 6.07 Å². The molecule has 1 N–H and O–H groups in total. The number of nitrogens with one attached hydrogen (secondary N) is 1. The number of thiophene rings is 1. The van der Waals surface area contributed by atoms with E-state index in [1.54, 1.807) is 23.5 Å². The van der Waals surface area contributed by atoms with E-state index in [2.05, 4.69) is 23.7 Å². The van der Waals surface area contributed by atoms with Crippen LogP contribution in [0, 0.1) is 5.82 Å². The molecule has 1 unspecified atom stereocenters. The second kappa shape index (κ2) is 5.87. The second-order valence-electron chi connectivity index (χ2n) is 3.97. The Morgan fingerprint density at radius 1 is 1.39 bits per heavy atom. The van der Waals surface area contributed by atoms with Gasteiger partial charge in [-0.05, 0) is 30.0 Å². The maximum Gasteiger partial charge on any atom is 0.165 e. The summed E-state index contributed by atoms with van der Waals surface area (Å²) in [5, 5.41) is 5.46. The minimum Gasteiger partial charge on any atom is -0.494 e. The average molecular weight is 265 g/mol. The van der Waals surface area contributed by atoms with Crippen LogP contribution in [0.3, 0.4) is 0 Å². The van der Waals surface area contributed by atoms with Crippen molar-refractivity contribution in [3.05, 3.63) is 46.4 Å². The van der Waals surface area contributed by atoms with E-state index in [-0.39, 0.29) is 17.6 Å². The Morgan fingerprint density at radius 3 is 2.83 bits per heavy atom. The lowest BCUT2D eigenvalue weighted by Gasteiger charge is -2.17. The number of methoxy groups -OCH3 is 1. The molecule has 18 heavy (non-hydrogen) atoms. The van der Waals surface area contributed by atoms with Gasteiger partial charge in [-0.1, -0.05) is 13.0 Å². The molecule has 0 amide bonds. The van der Waals surface area contributed by atoms with Crippen molar-refractivity contribution in [1.82, 2.24) is 0 Å². The molecule has 0 aliphatic rings. The van der Waals surface area contributed by atoms with Gasteiger partial charge < -0.3 is 10.1 Å². The maximum absolute atomic E-state index is 13.3. The lowest BCUT2D eigenvalue weighted by molar-refractivity contribution is 0.386. The lowest BCUT2D eigenvalue weighted by atomic mass is 10.1. The van der Waals surface area contributed by atoms with Gasteiger partial charge in [-0.25, -0.2) is 4.39 Å². The van der Waals surface area contributed by atoms with Crippen LogP contribution in [0.2, 0.25) is 0 Å². The van der Waals surface area contributed by atoms with Gasteiger partial charge >= 0.3 is 0 Å². The molecule has 1 atom stereocenters. The Bertz CT molecular complexity index is 499. The number of hydrogen-bond donors (Lipinski definition) is 1. The quantitative estimate of drug-likeness (QED) is 0.861. The van der Waals surface area contributed by atoms with Crippen LogP contribution in [-0.2, 0) is 0 Å². The highest BCUT2D eigenvalue weighted by Crippen LogP contribution is 2.28. The molecule has 0 spiro atoms. The normalized spacial score (nSPS) is 12.2.